The lowest BCUT2D eigenvalue weighted by Crippen LogP contribution is -2.49. The number of amides is 1. The van der Waals surface area contributed by atoms with E-state index < -0.39 is 5.54 Å². The van der Waals surface area contributed by atoms with Crippen LogP contribution in [0.4, 0.5) is 0 Å². The molecule has 1 N–H and O–H groups in total. The molecule has 20 heavy (non-hydrogen) atoms. The van der Waals surface area contributed by atoms with E-state index in [0.29, 0.717) is 31.6 Å². The average Bonchev–Trinajstić information content (AvgIpc) is 2.48. The fraction of sp³-hybridized carbons (Fsp3) is 0.467. The summed E-state index contributed by atoms with van der Waals surface area (Å²) in [7, 11) is 0. The van der Waals surface area contributed by atoms with Gasteiger partial charge in [0.15, 0.2) is 5.78 Å². The molecule has 0 radical (unpaired) electrons. The highest BCUT2D eigenvalue weighted by molar-refractivity contribution is 6.27. The molecule has 0 saturated carbocycles. The number of ketones is 1. The zero-order valence-corrected chi connectivity index (χ0v) is 12.2. The van der Waals surface area contributed by atoms with Crippen molar-refractivity contribution in [2.45, 2.75) is 25.3 Å². The largest absolute Gasteiger partial charge is 0.381 e. The first-order chi connectivity index (χ1) is 9.57. The molecule has 0 bridgehead atoms. The van der Waals surface area contributed by atoms with E-state index in [1.54, 1.807) is 12.1 Å². The fourth-order valence-corrected chi connectivity index (χ4v) is 2.60. The number of alkyl halides is 1. The number of rotatable bonds is 4. The van der Waals surface area contributed by atoms with Crippen LogP contribution in [0.25, 0.3) is 0 Å². The van der Waals surface area contributed by atoms with E-state index in [0.717, 1.165) is 5.56 Å². The summed E-state index contributed by atoms with van der Waals surface area (Å²) in [4.78, 5) is 23.0. The van der Waals surface area contributed by atoms with Gasteiger partial charge < -0.3 is 10.1 Å². The summed E-state index contributed by atoms with van der Waals surface area (Å²) >= 11 is 5.60. The third kappa shape index (κ3) is 3.19. The summed E-state index contributed by atoms with van der Waals surface area (Å²) in [5.41, 5.74) is 1.21. The molecule has 1 amide bonds. The van der Waals surface area contributed by atoms with Gasteiger partial charge in [0, 0.05) is 18.8 Å². The molecule has 0 atom stereocenters. The minimum atomic E-state index is -0.445. The molecule has 4 nitrogen and oxygen atoms in total. The van der Waals surface area contributed by atoms with Crippen LogP contribution in [0.1, 0.15) is 35.7 Å². The van der Waals surface area contributed by atoms with Crippen LogP contribution in [0.5, 0.6) is 0 Å². The molecule has 1 fully saturated rings. The van der Waals surface area contributed by atoms with Gasteiger partial charge >= 0.3 is 0 Å². The highest BCUT2D eigenvalue weighted by Crippen LogP contribution is 2.32. The zero-order valence-electron chi connectivity index (χ0n) is 11.4. The van der Waals surface area contributed by atoms with Crippen molar-refractivity contribution in [1.82, 2.24) is 5.32 Å². The molecule has 1 aliphatic rings. The van der Waals surface area contributed by atoms with Crippen molar-refractivity contribution >= 4 is 23.3 Å². The first-order valence-corrected chi connectivity index (χ1v) is 7.17. The number of halogens is 1. The Morgan fingerprint density at radius 1 is 1.25 bits per heavy atom. The van der Waals surface area contributed by atoms with Gasteiger partial charge in [-0.3, -0.25) is 9.59 Å². The highest BCUT2D eigenvalue weighted by atomic mass is 35.5. The van der Waals surface area contributed by atoms with Crippen molar-refractivity contribution in [3.05, 3.63) is 35.4 Å². The van der Waals surface area contributed by atoms with Crippen LogP contribution in [0.3, 0.4) is 0 Å². The van der Waals surface area contributed by atoms with Gasteiger partial charge in [-0.15, -0.1) is 11.6 Å². The first-order valence-electron chi connectivity index (χ1n) is 6.63. The second-order valence-corrected chi connectivity index (χ2v) is 5.28. The van der Waals surface area contributed by atoms with Crippen LogP contribution < -0.4 is 5.32 Å². The van der Waals surface area contributed by atoms with Crippen LogP contribution in [-0.2, 0) is 15.1 Å². The molecule has 0 aliphatic carbocycles. The predicted octanol–water partition coefficient (Wildman–Crippen LogP) is 2.25. The highest BCUT2D eigenvalue weighted by Gasteiger charge is 2.35. The molecule has 1 saturated heterocycles. The number of carbonyl (C=O) groups is 2. The molecule has 1 aliphatic heterocycles. The van der Waals surface area contributed by atoms with Gasteiger partial charge in [0.05, 0.1) is 5.54 Å². The summed E-state index contributed by atoms with van der Waals surface area (Å²) in [6.45, 7) is 2.72. The maximum atomic E-state index is 11.7. The summed E-state index contributed by atoms with van der Waals surface area (Å²) in [5.74, 6) is -0.222. The number of hydrogen-bond donors (Lipinski definition) is 1. The summed E-state index contributed by atoms with van der Waals surface area (Å²) in [6.07, 6.45) is 1.41. The fourth-order valence-electron chi connectivity index (χ4n) is 2.53. The van der Waals surface area contributed by atoms with Crippen molar-refractivity contribution in [3.63, 3.8) is 0 Å². The van der Waals surface area contributed by atoms with E-state index in [9.17, 15) is 9.59 Å². The van der Waals surface area contributed by atoms with Crippen LogP contribution in [0.2, 0.25) is 0 Å². The average molecular weight is 296 g/mol. The Hall–Kier alpha value is -1.39. The lowest BCUT2D eigenvalue weighted by Gasteiger charge is -2.38. The molecular formula is C15H18ClNO3. The van der Waals surface area contributed by atoms with Gasteiger partial charge in [0.25, 0.3) is 0 Å². The smallest absolute Gasteiger partial charge is 0.235 e. The third-order valence-electron chi connectivity index (χ3n) is 3.69. The van der Waals surface area contributed by atoms with Crippen molar-refractivity contribution in [2.75, 3.05) is 19.1 Å². The maximum Gasteiger partial charge on any atom is 0.235 e. The van der Waals surface area contributed by atoms with Gasteiger partial charge in [-0.25, -0.2) is 0 Å². The molecule has 0 unspecified atom stereocenters. The van der Waals surface area contributed by atoms with Gasteiger partial charge in [0.2, 0.25) is 5.91 Å². The van der Waals surface area contributed by atoms with Gasteiger partial charge in [-0.05, 0) is 25.3 Å². The molecule has 108 valence electrons. The Balaban J connectivity index is 2.30. The van der Waals surface area contributed by atoms with Crippen molar-refractivity contribution < 1.29 is 14.3 Å². The number of ether oxygens (including phenoxy) is 1. The number of Topliss-reactive ketones (excluding diaryl/α,β-unsaturated/α-hetero) is 1. The third-order valence-corrected chi connectivity index (χ3v) is 3.93. The maximum absolute atomic E-state index is 11.7. The minimum absolute atomic E-state index is 0.0300. The minimum Gasteiger partial charge on any atom is -0.381 e. The molecule has 0 aromatic heterocycles. The Kier molecular flexibility index (Phi) is 4.78. The quantitative estimate of drug-likeness (QED) is 0.685. The Morgan fingerprint density at radius 2 is 1.85 bits per heavy atom. The standard InChI is InChI=1S/C15H18ClNO3/c1-11(18)12-2-4-13(5-3-12)15(17-14(19)10-16)6-8-20-9-7-15/h2-5H,6-10H2,1H3,(H,17,19). The number of hydrogen-bond acceptors (Lipinski definition) is 3. The Bertz CT molecular complexity index is 492. The Morgan fingerprint density at radius 3 is 2.35 bits per heavy atom. The second kappa shape index (κ2) is 6.37. The molecule has 2 rings (SSSR count). The monoisotopic (exact) mass is 295 g/mol. The van der Waals surface area contributed by atoms with E-state index in [-0.39, 0.29) is 17.6 Å². The normalized spacial score (nSPS) is 17.5. The van der Waals surface area contributed by atoms with Gasteiger partial charge in [-0.1, -0.05) is 24.3 Å². The zero-order chi connectivity index (χ0) is 14.6. The lowest BCUT2D eigenvalue weighted by molar-refractivity contribution is -0.122. The van der Waals surface area contributed by atoms with Gasteiger partial charge in [0.1, 0.15) is 5.88 Å². The summed E-state index contributed by atoms with van der Waals surface area (Å²) in [5, 5.41) is 3.01. The van der Waals surface area contributed by atoms with Crippen LogP contribution in [-0.4, -0.2) is 30.8 Å². The van der Waals surface area contributed by atoms with E-state index in [4.69, 9.17) is 16.3 Å². The van der Waals surface area contributed by atoms with Crippen LogP contribution in [0, 0.1) is 0 Å². The summed E-state index contributed by atoms with van der Waals surface area (Å²) < 4.78 is 5.39. The van der Waals surface area contributed by atoms with Crippen molar-refractivity contribution in [2.24, 2.45) is 0 Å². The number of carbonyl (C=O) groups excluding carboxylic acids is 2. The first kappa shape index (κ1) is 15.0. The number of nitrogens with one attached hydrogen (secondary N) is 1. The molecule has 1 aromatic rings. The van der Waals surface area contributed by atoms with Crippen molar-refractivity contribution in [1.29, 1.82) is 0 Å². The number of benzene rings is 1. The molecule has 0 spiro atoms. The molecule has 5 heteroatoms. The van der Waals surface area contributed by atoms with E-state index in [1.165, 1.54) is 6.92 Å². The topological polar surface area (TPSA) is 55.4 Å². The van der Waals surface area contributed by atoms with E-state index >= 15 is 0 Å². The lowest BCUT2D eigenvalue weighted by atomic mass is 9.82. The van der Waals surface area contributed by atoms with Gasteiger partial charge in [-0.2, -0.15) is 0 Å². The molecular weight excluding hydrogens is 278 g/mol. The SMILES string of the molecule is CC(=O)c1ccc(C2(NC(=O)CCl)CCOCC2)cc1. The Labute approximate surface area is 123 Å². The molecule has 1 aromatic carbocycles. The summed E-state index contributed by atoms with van der Waals surface area (Å²) in [6, 6.07) is 7.39. The van der Waals surface area contributed by atoms with E-state index in [1.807, 2.05) is 12.1 Å². The predicted molar refractivity (Wildman–Crippen MR) is 77.0 cm³/mol. The van der Waals surface area contributed by atoms with Crippen molar-refractivity contribution in [3.8, 4) is 0 Å². The molecule has 1 heterocycles. The second-order valence-electron chi connectivity index (χ2n) is 5.01. The van der Waals surface area contributed by atoms with Crippen LogP contribution in [0.15, 0.2) is 24.3 Å². The van der Waals surface area contributed by atoms with E-state index in [2.05, 4.69) is 5.32 Å². The van der Waals surface area contributed by atoms with Crippen LogP contribution >= 0.6 is 11.6 Å².